The summed E-state index contributed by atoms with van der Waals surface area (Å²) in [6, 6.07) is 15.0. The van der Waals surface area contributed by atoms with Gasteiger partial charge in [-0.1, -0.05) is 59.5 Å². The number of nitrogens with one attached hydrogen (secondary N) is 1. The van der Waals surface area contributed by atoms with Gasteiger partial charge in [0, 0.05) is 17.1 Å². The highest BCUT2D eigenvalue weighted by Crippen LogP contribution is 2.20. The first-order valence-corrected chi connectivity index (χ1v) is 11.7. The van der Waals surface area contributed by atoms with E-state index < -0.39 is 6.04 Å². The van der Waals surface area contributed by atoms with Crippen molar-refractivity contribution >= 4 is 27.7 Å². The zero-order valence-electron chi connectivity index (χ0n) is 18.3. The van der Waals surface area contributed by atoms with Crippen LogP contribution < -0.4 is 10.1 Å². The first-order valence-electron chi connectivity index (χ1n) is 10.9. The molecular formula is C25H31BrN2O3. The molecule has 0 aromatic heterocycles. The Balaban J connectivity index is 1.75. The lowest BCUT2D eigenvalue weighted by Gasteiger charge is -2.31. The van der Waals surface area contributed by atoms with Gasteiger partial charge >= 0.3 is 0 Å². The number of hydrogen-bond acceptors (Lipinski definition) is 3. The summed E-state index contributed by atoms with van der Waals surface area (Å²) in [5.74, 6) is 0.601. The fourth-order valence-corrected chi connectivity index (χ4v) is 4.45. The molecule has 1 aliphatic carbocycles. The molecule has 0 aliphatic heterocycles. The van der Waals surface area contributed by atoms with Gasteiger partial charge in [0.15, 0.2) is 0 Å². The van der Waals surface area contributed by atoms with Gasteiger partial charge in [0.2, 0.25) is 11.8 Å². The molecular weight excluding hydrogens is 456 g/mol. The molecule has 2 amide bonds. The number of rotatable bonds is 8. The Morgan fingerprint density at radius 1 is 1.10 bits per heavy atom. The summed E-state index contributed by atoms with van der Waals surface area (Å²) in [4.78, 5) is 28.0. The Morgan fingerprint density at radius 2 is 1.81 bits per heavy atom. The number of nitrogens with zero attached hydrogens (tertiary/aromatic N) is 1. The van der Waals surface area contributed by atoms with E-state index in [1.165, 1.54) is 6.42 Å². The topological polar surface area (TPSA) is 58.6 Å². The minimum absolute atomic E-state index is 0.0727. The number of halogens is 1. The molecule has 0 spiro atoms. The van der Waals surface area contributed by atoms with Crippen molar-refractivity contribution in [3.8, 4) is 5.75 Å². The summed E-state index contributed by atoms with van der Waals surface area (Å²) in [6.07, 6.45) is 5.80. The molecule has 31 heavy (non-hydrogen) atoms. The lowest BCUT2D eigenvalue weighted by molar-refractivity contribution is -0.140. The van der Waals surface area contributed by atoms with Crippen LogP contribution in [-0.2, 0) is 22.6 Å². The largest absolute Gasteiger partial charge is 0.497 e. The Labute approximate surface area is 193 Å². The summed E-state index contributed by atoms with van der Waals surface area (Å²) >= 11 is 3.49. The molecule has 2 aromatic rings. The summed E-state index contributed by atoms with van der Waals surface area (Å²) in [5.41, 5.74) is 1.87. The lowest BCUT2D eigenvalue weighted by atomic mass is 9.95. The molecule has 6 heteroatoms. The van der Waals surface area contributed by atoms with Crippen LogP contribution in [-0.4, -0.2) is 35.9 Å². The molecule has 1 fully saturated rings. The molecule has 3 rings (SSSR count). The molecule has 166 valence electrons. The third-order valence-electron chi connectivity index (χ3n) is 5.88. The number of carbonyl (C=O) groups is 2. The van der Waals surface area contributed by atoms with Gasteiger partial charge in [-0.2, -0.15) is 0 Å². The van der Waals surface area contributed by atoms with E-state index in [4.69, 9.17) is 4.74 Å². The molecule has 2 aromatic carbocycles. The Bertz CT molecular complexity index is 879. The summed E-state index contributed by atoms with van der Waals surface area (Å²) in [7, 11) is 1.62. The maximum Gasteiger partial charge on any atom is 0.242 e. The number of hydrogen-bond donors (Lipinski definition) is 1. The zero-order valence-corrected chi connectivity index (χ0v) is 19.9. The van der Waals surface area contributed by atoms with E-state index in [2.05, 4.69) is 21.2 Å². The second kappa shape index (κ2) is 11.3. The summed E-state index contributed by atoms with van der Waals surface area (Å²) in [5, 5.41) is 3.17. The van der Waals surface area contributed by atoms with Crippen molar-refractivity contribution in [2.75, 3.05) is 7.11 Å². The van der Waals surface area contributed by atoms with Crippen molar-refractivity contribution in [3.05, 3.63) is 64.1 Å². The van der Waals surface area contributed by atoms with E-state index in [1.807, 2.05) is 55.5 Å². The van der Waals surface area contributed by atoms with Gasteiger partial charge in [0.05, 0.1) is 13.5 Å². The van der Waals surface area contributed by atoms with Gasteiger partial charge in [-0.05, 0) is 55.2 Å². The van der Waals surface area contributed by atoms with Crippen LogP contribution in [0.1, 0.15) is 50.2 Å². The van der Waals surface area contributed by atoms with E-state index >= 15 is 0 Å². The highest BCUT2D eigenvalue weighted by atomic mass is 79.9. The van der Waals surface area contributed by atoms with Crippen molar-refractivity contribution in [3.63, 3.8) is 0 Å². The smallest absolute Gasteiger partial charge is 0.242 e. The molecule has 1 atom stereocenters. The van der Waals surface area contributed by atoms with Crippen LogP contribution in [0.15, 0.2) is 53.0 Å². The van der Waals surface area contributed by atoms with Crippen LogP contribution in [0, 0.1) is 0 Å². The highest BCUT2D eigenvalue weighted by molar-refractivity contribution is 9.10. The monoisotopic (exact) mass is 486 g/mol. The second-order valence-corrected chi connectivity index (χ2v) is 9.11. The molecule has 1 N–H and O–H groups in total. The van der Waals surface area contributed by atoms with E-state index in [0.29, 0.717) is 6.54 Å². The van der Waals surface area contributed by atoms with Gasteiger partial charge < -0.3 is 15.0 Å². The molecule has 0 saturated heterocycles. The van der Waals surface area contributed by atoms with Crippen molar-refractivity contribution in [1.82, 2.24) is 10.2 Å². The van der Waals surface area contributed by atoms with E-state index in [9.17, 15) is 9.59 Å². The quantitative estimate of drug-likeness (QED) is 0.578. The predicted molar refractivity (Wildman–Crippen MR) is 126 cm³/mol. The number of carbonyl (C=O) groups excluding carboxylic acids is 2. The molecule has 1 saturated carbocycles. The van der Waals surface area contributed by atoms with Crippen LogP contribution in [0.3, 0.4) is 0 Å². The fourth-order valence-electron chi connectivity index (χ4n) is 4.00. The minimum Gasteiger partial charge on any atom is -0.497 e. The van der Waals surface area contributed by atoms with Crippen LogP contribution in [0.5, 0.6) is 5.75 Å². The Morgan fingerprint density at radius 3 is 2.45 bits per heavy atom. The maximum absolute atomic E-state index is 13.3. The van der Waals surface area contributed by atoms with E-state index in [0.717, 1.165) is 47.0 Å². The number of methoxy groups -OCH3 is 1. The van der Waals surface area contributed by atoms with Gasteiger partial charge in [0.1, 0.15) is 11.8 Å². The Hall–Kier alpha value is -2.34. The van der Waals surface area contributed by atoms with Crippen LogP contribution in [0.25, 0.3) is 0 Å². The third-order valence-corrected chi connectivity index (χ3v) is 6.37. The van der Waals surface area contributed by atoms with Gasteiger partial charge in [-0.15, -0.1) is 0 Å². The lowest BCUT2D eigenvalue weighted by Crippen LogP contribution is -2.50. The maximum atomic E-state index is 13.3. The van der Waals surface area contributed by atoms with Crippen LogP contribution in [0.4, 0.5) is 0 Å². The van der Waals surface area contributed by atoms with E-state index in [-0.39, 0.29) is 24.3 Å². The van der Waals surface area contributed by atoms with E-state index in [1.54, 1.807) is 12.0 Å². The second-order valence-electron chi connectivity index (χ2n) is 8.20. The molecule has 0 heterocycles. The average molecular weight is 487 g/mol. The predicted octanol–water partition coefficient (Wildman–Crippen LogP) is 4.87. The number of benzene rings is 2. The molecule has 0 bridgehead atoms. The molecule has 5 nitrogen and oxygen atoms in total. The average Bonchev–Trinajstić information content (AvgIpc) is 2.78. The minimum atomic E-state index is -0.549. The zero-order chi connectivity index (χ0) is 22.2. The summed E-state index contributed by atoms with van der Waals surface area (Å²) in [6.45, 7) is 2.20. The summed E-state index contributed by atoms with van der Waals surface area (Å²) < 4.78 is 6.15. The SMILES string of the molecule is COc1ccc(CC(=O)N(Cc2cccc(Br)c2)C(C)C(=O)NC2CCCCC2)cc1. The normalized spacial score (nSPS) is 15.2. The first-order chi connectivity index (χ1) is 15.0. The van der Waals surface area contributed by atoms with Crippen molar-refractivity contribution in [1.29, 1.82) is 0 Å². The van der Waals surface area contributed by atoms with Gasteiger partial charge in [0.25, 0.3) is 0 Å². The molecule has 0 radical (unpaired) electrons. The molecule has 1 aliphatic rings. The number of amides is 2. The Kier molecular flexibility index (Phi) is 8.52. The standard InChI is InChI=1S/C25H31BrN2O3/c1-18(25(30)27-22-9-4-3-5-10-22)28(17-20-7-6-8-21(26)15-20)24(29)16-19-11-13-23(31-2)14-12-19/h6-8,11-15,18,22H,3-5,9-10,16-17H2,1-2H3,(H,27,30). The third kappa shape index (κ3) is 6.82. The van der Waals surface area contributed by atoms with Crippen molar-refractivity contribution < 1.29 is 14.3 Å². The first kappa shape index (κ1) is 23.3. The molecule has 1 unspecified atom stereocenters. The van der Waals surface area contributed by atoms with Crippen LogP contribution in [0.2, 0.25) is 0 Å². The van der Waals surface area contributed by atoms with Gasteiger partial charge in [-0.3, -0.25) is 9.59 Å². The highest BCUT2D eigenvalue weighted by Gasteiger charge is 2.28. The van der Waals surface area contributed by atoms with Crippen molar-refractivity contribution in [2.45, 2.75) is 64.1 Å². The van der Waals surface area contributed by atoms with Crippen LogP contribution >= 0.6 is 15.9 Å². The fraction of sp³-hybridized carbons (Fsp3) is 0.440. The van der Waals surface area contributed by atoms with Crippen molar-refractivity contribution in [2.24, 2.45) is 0 Å². The van der Waals surface area contributed by atoms with Gasteiger partial charge in [-0.25, -0.2) is 0 Å². The number of ether oxygens (including phenoxy) is 1.